The molecule has 1 aromatic carbocycles. The number of nitrogens with two attached hydrogens (primary N) is 1. The maximum atomic E-state index is 5.81. The third kappa shape index (κ3) is 4.12. The number of aromatic nitrogens is 1. The summed E-state index contributed by atoms with van der Waals surface area (Å²) in [6, 6.07) is 9.39. The number of halogens is 1. The van der Waals surface area contributed by atoms with Gasteiger partial charge in [0.1, 0.15) is 24.7 Å². The van der Waals surface area contributed by atoms with E-state index in [9.17, 15) is 0 Å². The Morgan fingerprint density at radius 1 is 1.11 bits per heavy atom. The molecular formula is C14H15ClN2O2. The molecule has 0 radical (unpaired) electrons. The maximum Gasteiger partial charge on any atom is 0.139 e. The van der Waals surface area contributed by atoms with Gasteiger partial charge in [-0.15, -0.1) is 0 Å². The SMILES string of the molecule is NCc1ccccc1OCCOc1cncc(Cl)c1. The number of hydrogen-bond acceptors (Lipinski definition) is 4. The molecule has 2 N–H and O–H groups in total. The summed E-state index contributed by atoms with van der Waals surface area (Å²) in [5, 5.41) is 0.548. The van der Waals surface area contributed by atoms with Crippen molar-refractivity contribution in [1.82, 2.24) is 4.98 Å². The Balaban J connectivity index is 1.81. The summed E-state index contributed by atoms with van der Waals surface area (Å²) in [7, 11) is 0. The molecule has 1 aromatic heterocycles. The first-order valence-electron chi connectivity index (χ1n) is 5.93. The van der Waals surface area contributed by atoms with Gasteiger partial charge < -0.3 is 15.2 Å². The first-order chi connectivity index (χ1) is 9.29. The van der Waals surface area contributed by atoms with Gasteiger partial charge in [-0.1, -0.05) is 29.8 Å². The van der Waals surface area contributed by atoms with Crippen molar-refractivity contribution in [2.45, 2.75) is 6.54 Å². The van der Waals surface area contributed by atoms with Crippen LogP contribution in [0.1, 0.15) is 5.56 Å². The van der Waals surface area contributed by atoms with E-state index < -0.39 is 0 Å². The van der Waals surface area contributed by atoms with Crippen molar-refractivity contribution < 1.29 is 9.47 Å². The zero-order valence-electron chi connectivity index (χ0n) is 10.4. The van der Waals surface area contributed by atoms with E-state index in [1.165, 1.54) is 0 Å². The van der Waals surface area contributed by atoms with E-state index in [0.717, 1.165) is 11.3 Å². The standard InChI is InChI=1S/C14H15ClN2O2/c15-12-7-13(10-17-9-12)18-5-6-19-14-4-2-1-3-11(14)8-16/h1-4,7,9-10H,5-6,8,16H2. The normalized spacial score (nSPS) is 10.2. The number of rotatable bonds is 6. The van der Waals surface area contributed by atoms with Crippen molar-refractivity contribution >= 4 is 11.6 Å². The Morgan fingerprint density at radius 3 is 2.68 bits per heavy atom. The number of hydrogen-bond donors (Lipinski definition) is 1. The number of nitrogens with zero attached hydrogens (tertiary/aromatic N) is 1. The molecule has 19 heavy (non-hydrogen) atoms. The molecule has 0 spiro atoms. The largest absolute Gasteiger partial charge is 0.490 e. The summed E-state index contributed by atoms with van der Waals surface area (Å²) in [5.41, 5.74) is 6.61. The fraction of sp³-hybridized carbons (Fsp3) is 0.214. The fourth-order valence-electron chi connectivity index (χ4n) is 1.60. The predicted octanol–water partition coefficient (Wildman–Crippen LogP) is 2.65. The van der Waals surface area contributed by atoms with E-state index in [4.69, 9.17) is 26.8 Å². The molecule has 0 fully saturated rings. The lowest BCUT2D eigenvalue weighted by molar-refractivity contribution is 0.215. The van der Waals surface area contributed by atoms with Crippen LogP contribution in [0.25, 0.3) is 0 Å². The van der Waals surface area contributed by atoms with Gasteiger partial charge in [0.15, 0.2) is 0 Å². The molecule has 2 aromatic rings. The van der Waals surface area contributed by atoms with Gasteiger partial charge in [-0.05, 0) is 6.07 Å². The number of ether oxygens (including phenoxy) is 2. The average Bonchev–Trinajstić information content (AvgIpc) is 2.44. The molecule has 0 atom stereocenters. The van der Waals surface area contributed by atoms with Crippen molar-refractivity contribution in [2.24, 2.45) is 5.73 Å². The Morgan fingerprint density at radius 2 is 1.89 bits per heavy atom. The van der Waals surface area contributed by atoms with Gasteiger partial charge in [-0.2, -0.15) is 0 Å². The van der Waals surface area contributed by atoms with Crippen LogP contribution in [0.15, 0.2) is 42.7 Å². The summed E-state index contributed by atoms with van der Waals surface area (Å²) in [4.78, 5) is 3.93. The second kappa shape index (κ2) is 6.97. The first kappa shape index (κ1) is 13.6. The number of benzene rings is 1. The molecule has 0 saturated heterocycles. The van der Waals surface area contributed by atoms with Gasteiger partial charge in [0.25, 0.3) is 0 Å². The highest BCUT2D eigenvalue weighted by molar-refractivity contribution is 6.30. The van der Waals surface area contributed by atoms with Gasteiger partial charge in [0, 0.05) is 24.4 Å². The maximum absolute atomic E-state index is 5.81. The van der Waals surface area contributed by atoms with Crippen LogP contribution in [-0.2, 0) is 6.54 Å². The molecule has 100 valence electrons. The minimum atomic E-state index is 0.418. The minimum Gasteiger partial charge on any atom is -0.490 e. The second-order valence-corrected chi connectivity index (χ2v) is 4.28. The zero-order chi connectivity index (χ0) is 13.5. The zero-order valence-corrected chi connectivity index (χ0v) is 11.1. The number of pyridine rings is 1. The molecule has 2 rings (SSSR count). The molecule has 0 amide bonds. The number of para-hydroxylation sites is 1. The van der Waals surface area contributed by atoms with E-state index >= 15 is 0 Å². The molecule has 0 aliphatic carbocycles. The van der Waals surface area contributed by atoms with Crippen molar-refractivity contribution in [3.05, 3.63) is 53.3 Å². The highest BCUT2D eigenvalue weighted by Gasteiger charge is 2.01. The average molecular weight is 279 g/mol. The van der Waals surface area contributed by atoms with Gasteiger partial charge in [-0.3, -0.25) is 4.98 Å². The molecule has 0 saturated carbocycles. The van der Waals surface area contributed by atoms with E-state index in [1.54, 1.807) is 18.5 Å². The third-order valence-electron chi connectivity index (χ3n) is 2.48. The van der Waals surface area contributed by atoms with Crippen LogP contribution in [0.3, 0.4) is 0 Å². The smallest absolute Gasteiger partial charge is 0.139 e. The summed E-state index contributed by atoms with van der Waals surface area (Å²) in [6.07, 6.45) is 3.17. The molecule has 0 aliphatic heterocycles. The van der Waals surface area contributed by atoms with Crippen LogP contribution >= 0.6 is 11.6 Å². The fourth-order valence-corrected chi connectivity index (χ4v) is 1.76. The Bertz CT molecular complexity index is 534. The van der Waals surface area contributed by atoms with Gasteiger partial charge >= 0.3 is 0 Å². The quantitative estimate of drug-likeness (QED) is 0.826. The van der Waals surface area contributed by atoms with Crippen LogP contribution in [0.5, 0.6) is 11.5 Å². The topological polar surface area (TPSA) is 57.4 Å². The van der Waals surface area contributed by atoms with Crippen molar-refractivity contribution in [3.63, 3.8) is 0 Å². The summed E-state index contributed by atoms with van der Waals surface area (Å²) in [6.45, 7) is 1.31. The highest BCUT2D eigenvalue weighted by atomic mass is 35.5. The monoisotopic (exact) mass is 278 g/mol. The van der Waals surface area contributed by atoms with E-state index in [2.05, 4.69) is 4.98 Å². The Kier molecular flexibility index (Phi) is 5.01. The van der Waals surface area contributed by atoms with Crippen molar-refractivity contribution in [2.75, 3.05) is 13.2 Å². The highest BCUT2D eigenvalue weighted by Crippen LogP contribution is 2.17. The first-order valence-corrected chi connectivity index (χ1v) is 6.31. The van der Waals surface area contributed by atoms with E-state index in [-0.39, 0.29) is 0 Å². The van der Waals surface area contributed by atoms with E-state index in [0.29, 0.717) is 30.5 Å². The summed E-state index contributed by atoms with van der Waals surface area (Å²) in [5.74, 6) is 1.42. The van der Waals surface area contributed by atoms with Crippen LogP contribution in [0.4, 0.5) is 0 Å². The van der Waals surface area contributed by atoms with Crippen LogP contribution < -0.4 is 15.2 Å². The van der Waals surface area contributed by atoms with Crippen molar-refractivity contribution in [3.8, 4) is 11.5 Å². The predicted molar refractivity (Wildman–Crippen MR) is 74.6 cm³/mol. The minimum absolute atomic E-state index is 0.418. The third-order valence-corrected chi connectivity index (χ3v) is 2.69. The molecule has 0 unspecified atom stereocenters. The van der Waals surface area contributed by atoms with Gasteiger partial charge in [-0.25, -0.2) is 0 Å². The van der Waals surface area contributed by atoms with Crippen LogP contribution in [0.2, 0.25) is 5.02 Å². The Hall–Kier alpha value is -1.78. The molecule has 4 nitrogen and oxygen atoms in total. The summed E-state index contributed by atoms with van der Waals surface area (Å²) >= 11 is 5.81. The molecule has 0 aliphatic rings. The lowest BCUT2D eigenvalue weighted by Gasteiger charge is -2.11. The van der Waals surface area contributed by atoms with Crippen LogP contribution in [-0.4, -0.2) is 18.2 Å². The Labute approximate surface area is 117 Å². The van der Waals surface area contributed by atoms with Crippen molar-refractivity contribution in [1.29, 1.82) is 0 Å². The van der Waals surface area contributed by atoms with Gasteiger partial charge in [0.2, 0.25) is 0 Å². The van der Waals surface area contributed by atoms with Gasteiger partial charge in [0.05, 0.1) is 11.2 Å². The molecule has 0 bridgehead atoms. The molecule has 1 heterocycles. The molecular weight excluding hydrogens is 264 g/mol. The van der Waals surface area contributed by atoms with Crippen LogP contribution in [0, 0.1) is 0 Å². The summed E-state index contributed by atoms with van der Waals surface area (Å²) < 4.78 is 11.1. The lowest BCUT2D eigenvalue weighted by atomic mass is 10.2. The lowest BCUT2D eigenvalue weighted by Crippen LogP contribution is -2.11. The molecule has 5 heteroatoms. The van der Waals surface area contributed by atoms with E-state index in [1.807, 2.05) is 24.3 Å². The second-order valence-electron chi connectivity index (χ2n) is 3.85.